The Hall–Kier alpha value is -0.680. The minimum atomic E-state index is 0.238. The third-order valence-electron chi connectivity index (χ3n) is 3.80. The van der Waals surface area contributed by atoms with E-state index in [2.05, 4.69) is 33.9 Å². The van der Waals surface area contributed by atoms with Gasteiger partial charge in [-0.1, -0.05) is 6.07 Å². The average molecular weight is 358 g/mol. The molecule has 128 valence electrons. The van der Waals surface area contributed by atoms with Crippen molar-refractivity contribution >= 4 is 23.5 Å². The van der Waals surface area contributed by atoms with Crippen LogP contribution in [0.4, 0.5) is 0 Å². The molecule has 23 heavy (non-hydrogen) atoms. The van der Waals surface area contributed by atoms with Gasteiger partial charge in [-0.05, 0) is 17.7 Å². The molecule has 1 aromatic carbocycles. The molecular weight excluding hydrogens is 334 g/mol. The molecule has 0 aliphatic carbocycles. The molecule has 0 spiro atoms. The lowest BCUT2D eigenvalue weighted by Gasteiger charge is -2.19. The summed E-state index contributed by atoms with van der Waals surface area (Å²) in [6, 6.07) is 6.60. The van der Waals surface area contributed by atoms with Crippen molar-refractivity contribution in [2.75, 3.05) is 32.8 Å². The van der Waals surface area contributed by atoms with Crippen LogP contribution in [0.1, 0.15) is 10.9 Å². The van der Waals surface area contributed by atoms with Crippen molar-refractivity contribution in [1.82, 2.24) is 26.8 Å². The highest BCUT2D eigenvalue weighted by molar-refractivity contribution is 8.00. The Morgan fingerprint density at radius 1 is 1.30 bits per heavy atom. The molecule has 2 aliphatic rings. The number of nitrogens with zero attached hydrogens (tertiary/aromatic N) is 1. The maximum absolute atomic E-state index is 5.40. The first-order chi connectivity index (χ1) is 11.2. The number of rotatable bonds is 6. The van der Waals surface area contributed by atoms with E-state index in [9.17, 15) is 0 Å². The number of ether oxygens (including phenoxy) is 2. The molecule has 3 unspecified atom stereocenters. The summed E-state index contributed by atoms with van der Waals surface area (Å²) < 4.78 is 10.7. The predicted molar refractivity (Wildman–Crippen MR) is 95.1 cm³/mol. The third kappa shape index (κ3) is 4.05. The Balaban J connectivity index is 1.55. The molecule has 0 amide bonds. The molecule has 0 aromatic heterocycles. The van der Waals surface area contributed by atoms with Gasteiger partial charge in [0, 0.05) is 24.6 Å². The van der Waals surface area contributed by atoms with Gasteiger partial charge >= 0.3 is 0 Å². The number of thioether (sulfide) groups is 2. The zero-order valence-electron chi connectivity index (χ0n) is 13.5. The van der Waals surface area contributed by atoms with Crippen molar-refractivity contribution in [3.05, 3.63) is 23.8 Å². The van der Waals surface area contributed by atoms with Crippen molar-refractivity contribution in [2.45, 2.75) is 16.9 Å². The zero-order valence-corrected chi connectivity index (χ0v) is 15.1. The maximum Gasteiger partial charge on any atom is 0.161 e. The largest absolute Gasteiger partial charge is 0.493 e. The van der Waals surface area contributed by atoms with Gasteiger partial charge in [0.05, 0.1) is 19.6 Å². The third-order valence-corrected chi connectivity index (χ3v) is 6.48. The topological polar surface area (TPSA) is 69.8 Å². The van der Waals surface area contributed by atoms with Crippen LogP contribution in [0.5, 0.6) is 11.5 Å². The Morgan fingerprint density at radius 2 is 2.13 bits per heavy atom. The fourth-order valence-electron chi connectivity index (χ4n) is 2.53. The molecule has 2 fully saturated rings. The second-order valence-corrected chi connectivity index (χ2v) is 7.62. The first-order valence-electron chi connectivity index (χ1n) is 7.41. The molecule has 2 saturated heterocycles. The molecule has 7 nitrogen and oxygen atoms in total. The second-order valence-electron chi connectivity index (χ2n) is 5.37. The van der Waals surface area contributed by atoms with Crippen LogP contribution in [0.2, 0.25) is 0 Å². The van der Waals surface area contributed by atoms with E-state index in [-0.39, 0.29) is 5.50 Å². The highest BCUT2D eigenvalue weighted by Crippen LogP contribution is 2.38. The van der Waals surface area contributed by atoms with Crippen LogP contribution in [0.15, 0.2) is 18.2 Å². The summed E-state index contributed by atoms with van der Waals surface area (Å²) in [7, 11) is 5.34. The highest BCUT2D eigenvalue weighted by Gasteiger charge is 2.28. The fraction of sp³-hybridized carbons (Fsp3) is 0.571. The molecule has 0 bridgehead atoms. The first-order valence-corrected chi connectivity index (χ1v) is 9.51. The Bertz CT molecular complexity index is 536. The van der Waals surface area contributed by atoms with Crippen LogP contribution in [0, 0.1) is 0 Å². The molecule has 1 aromatic rings. The second kappa shape index (κ2) is 7.93. The number of methoxy groups -OCH3 is 2. The summed E-state index contributed by atoms with van der Waals surface area (Å²) in [4.78, 5) is 0. The smallest absolute Gasteiger partial charge is 0.161 e. The van der Waals surface area contributed by atoms with E-state index in [0.29, 0.717) is 11.4 Å². The fourth-order valence-corrected chi connectivity index (χ4v) is 4.99. The Labute approximate surface area is 145 Å². The Morgan fingerprint density at radius 3 is 2.83 bits per heavy atom. The van der Waals surface area contributed by atoms with Gasteiger partial charge in [-0.3, -0.25) is 5.32 Å². The lowest BCUT2D eigenvalue weighted by molar-refractivity contribution is 0.273. The molecule has 2 aliphatic heterocycles. The number of hydrogen-bond donors (Lipinski definition) is 4. The van der Waals surface area contributed by atoms with Gasteiger partial charge in [0.1, 0.15) is 5.50 Å². The monoisotopic (exact) mass is 357 g/mol. The van der Waals surface area contributed by atoms with Gasteiger partial charge in [-0.2, -0.15) is 11.1 Å². The minimum absolute atomic E-state index is 0.238. The molecule has 0 radical (unpaired) electrons. The van der Waals surface area contributed by atoms with E-state index < -0.39 is 0 Å². The van der Waals surface area contributed by atoms with Crippen LogP contribution >= 0.6 is 23.5 Å². The van der Waals surface area contributed by atoms with E-state index >= 15 is 0 Å². The van der Waals surface area contributed by atoms with Crippen LogP contribution in [-0.4, -0.2) is 49.3 Å². The summed E-state index contributed by atoms with van der Waals surface area (Å²) in [5.74, 6) is 3.69. The van der Waals surface area contributed by atoms with E-state index in [0.717, 1.165) is 23.0 Å². The SMILES string of the molecule is COc1ccc(C2NC(CSC3NNNN3C)CS2)cc1OC. The van der Waals surface area contributed by atoms with Gasteiger partial charge in [0.2, 0.25) is 0 Å². The molecule has 3 rings (SSSR count). The van der Waals surface area contributed by atoms with Crippen LogP contribution in [0.25, 0.3) is 0 Å². The highest BCUT2D eigenvalue weighted by atomic mass is 32.2. The van der Waals surface area contributed by atoms with Crippen LogP contribution in [-0.2, 0) is 0 Å². The lowest BCUT2D eigenvalue weighted by atomic mass is 10.2. The number of nitrogens with one attached hydrogen (secondary N) is 4. The summed E-state index contributed by atoms with van der Waals surface area (Å²) in [6.07, 6.45) is 0. The normalized spacial score (nSPS) is 28.2. The van der Waals surface area contributed by atoms with Crippen molar-refractivity contribution in [2.24, 2.45) is 0 Å². The van der Waals surface area contributed by atoms with Crippen LogP contribution < -0.4 is 31.3 Å². The standard InChI is InChI=1S/C14H23N5O2S2/c1-19-14(16-17-18-19)23-8-10-7-22-13(15-10)9-4-5-11(20-2)12(6-9)21-3/h4-6,10,13-18H,7-8H2,1-3H3. The quantitative estimate of drug-likeness (QED) is 0.594. The molecule has 0 saturated carbocycles. The van der Waals surface area contributed by atoms with Gasteiger partial charge in [-0.25, -0.2) is 10.4 Å². The van der Waals surface area contributed by atoms with E-state index in [1.807, 2.05) is 41.6 Å². The molecule has 9 heteroatoms. The van der Waals surface area contributed by atoms with Gasteiger partial charge in [0.15, 0.2) is 11.5 Å². The van der Waals surface area contributed by atoms with Gasteiger partial charge in [0.25, 0.3) is 0 Å². The van der Waals surface area contributed by atoms with Gasteiger partial charge < -0.3 is 9.47 Å². The average Bonchev–Trinajstić information content (AvgIpc) is 3.21. The van der Waals surface area contributed by atoms with Crippen molar-refractivity contribution < 1.29 is 9.47 Å². The first kappa shape index (κ1) is 17.2. The molecular formula is C14H23N5O2S2. The number of hydrazine groups is 3. The number of hydrogen-bond acceptors (Lipinski definition) is 9. The minimum Gasteiger partial charge on any atom is -0.493 e. The summed E-state index contributed by atoms with van der Waals surface area (Å²) >= 11 is 3.80. The van der Waals surface area contributed by atoms with E-state index in [1.165, 1.54) is 5.56 Å². The maximum atomic E-state index is 5.40. The predicted octanol–water partition coefficient (Wildman–Crippen LogP) is 0.883. The molecule has 3 atom stereocenters. The van der Waals surface area contributed by atoms with Crippen molar-refractivity contribution in [3.63, 3.8) is 0 Å². The molecule has 4 N–H and O–H groups in total. The summed E-state index contributed by atoms with van der Waals surface area (Å²) in [5, 5.41) is 6.00. The van der Waals surface area contributed by atoms with Crippen LogP contribution in [0.3, 0.4) is 0 Å². The summed E-state index contributed by atoms with van der Waals surface area (Å²) in [6.45, 7) is 0. The Kier molecular flexibility index (Phi) is 5.91. The van der Waals surface area contributed by atoms with E-state index in [4.69, 9.17) is 9.47 Å². The zero-order chi connectivity index (χ0) is 16.2. The van der Waals surface area contributed by atoms with Gasteiger partial charge in [-0.15, -0.1) is 23.5 Å². The van der Waals surface area contributed by atoms with Crippen molar-refractivity contribution in [1.29, 1.82) is 0 Å². The van der Waals surface area contributed by atoms with Crippen molar-refractivity contribution in [3.8, 4) is 11.5 Å². The number of benzene rings is 1. The van der Waals surface area contributed by atoms with E-state index in [1.54, 1.807) is 14.2 Å². The summed E-state index contributed by atoms with van der Waals surface area (Å²) in [5.41, 5.74) is 10.5. The lowest BCUT2D eigenvalue weighted by Crippen LogP contribution is -2.36. The molecule has 2 heterocycles.